The van der Waals surface area contributed by atoms with E-state index in [1.54, 1.807) is 13.1 Å². The molecule has 3 saturated heterocycles. The van der Waals surface area contributed by atoms with Gasteiger partial charge in [0.25, 0.3) is 0 Å². The van der Waals surface area contributed by atoms with Gasteiger partial charge in [-0.2, -0.15) is 0 Å². The molecule has 3 aliphatic heterocycles. The number of nitrogens with zero attached hydrogens (tertiary/aromatic N) is 2. The van der Waals surface area contributed by atoms with E-state index >= 15 is 0 Å². The van der Waals surface area contributed by atoms with Crippen LogP contribution in [-0.4, -0.2) is 90.0 Å². The van der Waals surface area contributed by atoms with Crippen molar-refractivity contribution < 1.29 is 14.0 Å². The predicted molar refractivity (Wildman–Crippen MR) is 155 cm³/mol. The summed E-state index contributed by atoms with van der Waals surface area (Å²) in [6.45, 7) is 5.50. The molecule has 0 spiro atoms. The Kier molecular flexibility index (Phi) is 8.15. The number of piperidine rings is 1. The molecule has 8 nitrogen and oxygen atoms in total. The molecule has 2 aromatic rings. The molecular weight excluding hydrogens is 507 g/mol. The van der Waals surface area contributed by atoms with E-state index in [1.165, 1.54) is 18.1 Å². The Morgan fingerprint density at radius 1 is 1.07 bits per heavy atom. The van der Waals surface area contributed by atoms with Crippen molar-refractivity contribution in [1.82, 2.24) is 30.7 Å². The monoisotopic (exact) mass is 552 g/mol. The van der Waals surface area contributed by atoms with Crippen LogP contribution in [0.4, 0.5) is 4.39 Å². The minimum absolute atomic E-state index is 0.0381. The van der Waals surface area contributed by atoms with E-state index in [2.05, 4.69) is 30.7 Å². The summed E-state index contributed by atoms with van der Waals surface area (Å²) in [6.07, 6.45) is 10.6. The molecule has 40 heavy (non-hydrogen) atoms. The molecule has 0 bridgehead atoms. The Hall–Kier alpha value is -2.49. The number of fused-ring (bicyclic) bond motifs is 2. The second kappa shape index (κ2) is 11.8. The highest BCUT2D eigenvalue weighted by Crippen LogP contribution is 2.45. The Labute approximate surface area is 236 Å². The molecular formula is C31H45FN6O2. The van der Waals surface area contributed by atoms with Crippen molar-refractivity contribution in [2.75, 3.05) is 33.2 Å². The summed E-state index contributed by atoms with van der Waals surface area (Å²) in [6, 6.07) is 4.96. The third kappa shape index (κ3) is 5.16. The maximum atomic E-state index is 14.5. The van der Waals surface area contributed by atoms with Crippen LogP contribution in [0.3, 0.4) is 0 Å². The van der Waals surface area contributed by atoms with Crippen LogP contribution in [0.15, 0.2) is 24.4 Å². The summed E-state index contributed by atoms with van der Waals surface area (Å²) in [5.41, 5.74) is 1.97. The van der Waals surface area contributed by atoms with Gasteiger partial charge in [0.2, 0.25) is 11.8 Å². The highest BCUT2D eigenvalue weighted by atomic mass is 19.1. The maximum absolute atomic E-state index is 14.5. The van der Waals surface area contributed by atoms with Crippen molar-refractivity contribution in [3.8, 4) is 0 Å². The summed E-state index contributed by atoms with van der Waals surface area (Å²) in [4.78, 5) is 35.7. The first-order chi connectivity index (χ1) is 19.5. The van der Waals surface area contributed by atoms with Crippen LogP contribution < -0.4 is 16.0 Å². The maximum Gasteiger partial charge on any atom is 0.245 e. The third-order valence-electron chi connectivity index (χ3n) is 10.3. The second-order valence-electron chi connectivity index (χ2n) is 12.5. The molecule has 4 aliphatic rings. The quantitative estimate of drug-likeness (QED) is 0.424. The molecule has 1 aromatic carbocycles. The molecule has 1 aliphatic carbocycles. The van der Waals surface area contributed by atoms with Crippen LogP contribution in [0.5, 0.6) is 0 Å². The number of hydrogen-bond donors (Lipinski definition) is 4. The van der Waals surface area contributed by atoms with Gasteiger partial charge >= 0.3 is 0 Å². The third-order valence-corrected chi connectivity index (χ3v) is 10.3. The number of H-pyrrole nitrogens is 1. The first kappa shape index (κ1) is 27.7. The largest absolute Gasteiger partial charge is 0.361 e. The highest BCUT2D eigenvalue weighted by molar-refractivity contribution is 5.90. The van der Waals surface area contributed by atoms with Gasteiger partial charge in [-0.25, -0.2) is 4.39 Å². The van der Waals surface area contributed by atoms with E-state index in [1.807, 2.05) is 19.2 Å². The van der Waals surface area contributed by atoms with Gasteiger partial charge in [-0.3, -0.25) is 14.5 Å². The minimum atomic E-state index is -0.493. The molecule has 4 heterocycles. The fourth-order valence-corrected chi connectivity index (χ4v) is 8.08. The van der Waals surface area contributed by atoms with Crippen LogP contribution in [0, 0.1) is 11.7 Å². The number of halogens is 1. The Balaban J connectivity index is 1.34. The van der Waals surface area contributed by atoms with Crippen LogP contribution in [0.2, 0.25) is 0 Å². The fourth-order valence-electron chi connectivity index (χ4n) is 8.08. The topological polar surface area (TPSA) is 92.5 Å². The van der Waals surface area contributed by atoms with Gasteiger partial charge in [0.15, 0.2) is 0 Å². The molecule has 6 rings (SSSR count). The van der Waals surface area contributed by atoms with E-state index in [-0.39, 0.29) is 41.6 Å². The van der Waals surface area contributed by atoms with Gasteiger partial charge in [-0.1, -0.05) is 19.3 Å². The average Bonchev–Trinajstić information content (AvgIpc) is 3.70. The van der Waals surface area contributed by atoms with Crippen LogP contribution >= 0.6 is 0 Å². The molecule has 0 radical (unpaired) electrons. The van der Waals surface area contributed by atoms with Crippen molar-refractivity contribution in [1.29, 1.82) is 0 Å². The first-order valence-corrected chi connectivity index (χ1v) is 15.5. The van der Waals surface area contributed by atoms with E-state index < -0.39 is 6.04 Å². The zero-order chi connectivity index (χ0) is 27.8. The summed E-state index contributed by atoms with van der Waals surface area (Å²) < 4.78 is 14.0. The number of likely N-dealkylation sites (N-methyl/N-ethyl adjacent to an activating group) is 1. The summed E-state index contributed by atoms with van der Waals surface area (Å²) >= 11 is 0. The van der Waals surface area contributed by atoms with Crippen molar-refractivity contribution in [2.45, 2.75) is 94.4 Å². The Morgan fingerprint density at radius 3 is 2.60 bits per heavy atom. The first-order valence-electron chi connectivity index (χ1n) is 15.5. The smallest absolute Gasteiger partial charge is 0.245 e. The SMILES string of the molecule is CN[C@@H](C)C(=O)N[C@H](C(=O)N1CC[C@@H]2[C@H]1[C@@H](c1c[nH]c3cc(F)ccc13)CN2C1CCNCC1)C1CCCCC1. The average molecular weight is 553 g/mol. The van der Waals surface area contributed by atoms with Crippen molar-refractivity contribution in [3.63, 3.8) is 0 Å². The lowest BCUT2D eigenvalue weighted by Gasteiger charge is -2.37. The molecule has 4 fully saturated rings. The zero-order valence-electron chi connectivity index (χ0n) is 23.9. The minimum Gasteiger partial charge on any atom is -0.361 e. The molecule has 1 saturated carbocycles. The van der Waals surface area contributed by atoms with E-state index in [0.717, 1.165) is 75.5 Å². The number of hydrogen-bond acceptors (Lipinski definition) is 5. The number of carbonyl (C=O) groups is 2. The van der Waals surface area contributed by atoms with E-state index in [0.29, 0.717) is 18.6 Å². The van der Waals surface area contributed by atoms with Crippen molar-refractivity contribution in [3.05, 3.63) is 35.8 Å². The molecule has 1 aromatic heterocycles. The second-order valence-corrected chi connectivity index (χ2v) is 12.5. The standard InChI is InChI=1S/C31H45FN6O2/c1-19(33-2)30(39)36-28(20-6-4-3-5-7-20)31(40)37-15-12-27-29(37)25(18-38(27)22-10-13-34-14-11-22)24-17-35-26-16-21(32)8-9-23(24)26/h8-9,16-17,19-20,22,25,27-29,33-35H,3-7,10-15,18H2,1-2H3,(H,36,39)/t19-,25+,27+,28-,29+/m0/s1. The summed E-state index contributed by atoms with van der Waals surface area (Å²) in [5, 5.41) is 10.8. The number of benzene rings is 1. The molecule has 4 N–H and O–H groups in total. The fraction of sp³-hybridized carbons (Fsp3) is 0.677. The van der Waals surface area contributed by atoms with Gasteiger partial charge < -0.3 is 25.8 Å². The number of amides is 2. The van der Waals surface area contributed by atoms with E-state index in [4.69, 9.17) is 0 Å². The van der Waals surface area contributed by atoms with Crippen molar-refractivity contribution >= 4 is 22.7 Å². The normalized spacial score (nSPS) is 28.1. The lowest BCUT2D eigenvalue weighted by Crippen LogP contribution is -2.57. The summed E-state index contributed by atoms with van der Waals surface area (Å²) in [7, 11) is 1.78. The van der Waals surface area contributed by atoms with Gasteiger partial charge in [0.1, 0.15) is 11.9 Å². The van der Waals surface area contributed by atoms with Gasteiger partial charge in [-0.05, 0) is 88.8 Å². The number of nitrogens with one attached hydrogen (secondary N) is 4. The van der Waals surface area contributed by atoms with E-state index in [9.17, 15) is 14.0 Å². The van der Waals surface area contributed by atoms with Crippen LogP contribution in [0.25, 0.3) is 10.9 Å². The highest BCUT2D eigenvalue weighted by Gasteiger charge is 2.53. The summed E-state index contributed by atoms with van der Waals surface area (Å²) in [5.74, 6) is 0.0227. The van der Waals surface area contributed by atoms with Crippen molar-refractivity contribution in [2.24, 2.45) is 5.92 Å². The number of aromatic amines is 1. The van der Waals surface area contributed by atoms with Crippen LogP contribution in [0.1, 0.15) is 69.8 Å². The Bertz CT molecular complexity index is 1210. The molecule has 0 unspecified atom stereocenters. The molecule has 5 atom stereocenters. The Morgan fingerprint density at radius 2 is 1.85 bits per heavy atom. The van der Waals surface area contributed by atoms with Gasteiger partial charge in [0, 0.05) is 48.2 Å². The molecule has 218 valence electrons. The lowest BCUT2D eigenvalue weighted by molar-refractivity contribution is -0.139. The number of likely N-dealkylation sites (tertiary alicyclic amines) is 2. The lowest BCUT2D eigenvalue weighted by atomic mass is 9.82. The van der Waals surface area contributed by atoms with Crippen LogP contribution in [-0.2, 0) is 9.59 Å². The molecule has 2 amide bonds. The predicted octanol–water partition coefficient (Wildman–Crippen LogP) is 3.10. The molecule has 9 heteroatoms. The van der Waals surface area contributed by atoms with Gasteiger partial charge in [-0.15, -0.1) is 0 Å². The number of carbonyl (C=O) groups excluding carboxylic acids is 2. The number of aromatic nitrogens is 1. The number of rotatable bonds is 7. The zero-order valence-corrected chi connectivity index (χ0v) is 23.9. The van der Waals surface area contributed by atoms with Gasteiger partial charge in [0.05, 0.1) is 12.1 Å².